The maximum Gasteiger partial charge on any atom is 0.260 e. The molecule has 0 saturated carbocycles. The molecule has 0 spiro atoms. The minimum Gasteiger partial charge on any atom is -0.368 e. The van der Waals surface area contributed by atoms with E-state index in [4.69, 9.17) is 5.73 Å². The number of nitrogen functional groups attached to an aromatic ring is 1. The lowest BCUT2D eigenvalue weighted by Crippen LogP contribution is -2.22. The Morgan fingerprint density at radius 1 is 1.29 bits per heavy atom. The monoisotopic (exact) mass is 300 g/mol. The molecule has 0 unspecified atom stereocenters. The van der Waals surface area contributed by atoms with Gasteiger partial charge in [0.2, 0.25) is 5.95 Å². The molecule has 0 aliphatic carbocycles. The molecule has 3 heterocycles. The molecule has 0 aromatic carbocycles. The van der Waals surface area contributed by atoms with Crippen molar-refractivity contribution in [3.8, 4) is 10.4 Å². The zero-order chi connectivity index (χ0) is 15.1. The van der Waals surface area contributed by atoms with Crippen LogP contribution in [0.4, 0.5) is 5.95 Å². The minimum atomic E-state index is -0.0376. The standard InChI is InChI=1S/C15H16N4OS/c1-4-19-13-10(9(3)17-15(16)18-13)6-11(14(19)20)12-5-8(2)7-21-12/h5-7H,4H2,1-3H3,(H2,16,17,18). The molecule has 21 heavy (non-hydrogen) atoms. The van der Waals surface area contributed by atoms with Crippen LogP contribution < -0.4 is 11.3 Å². The van der Waals surface area contributed by atoms with Gasteiger partial charge >= 0.3 is 0 Å². The van der Waals surface area contributed by atoms with Gasteiger partial charge in [-0.1, -0.05) is 0 Å². The number of pyridine rings is 1. The SMILES string of the molecule is CCn1c(=O)c(-c2cc(C)cs2)cc2c(C)nc(N)nc21. The van der Waals surface area contributed by atoms with Crippen molar-refractivity contribution in [1.82, 2.24) is 14.5 Å². The van der Waals surface area contributed by atoms with E-state index in [0.717, 1.165) is 21.5 Å². The van der Waals surface area contributed by atoms with Crippen LogP contribution in [0, 0.1) is 13.8 Å². The number of hydrogen-bond acceptors (Lipinski definition) is 5. The number of fused-ring (bicyclic) bond motifs is 1. The third-order valence-electron chi connectivity index (χ3n) is 3.47. The van der Waals surface area contributed by atoms with Gasteiger partial charge in [0.25, 0.3) is 5.56 Å². The van der Waals surface area contributed by atoms with Crippen LogP contribution in [0.15, 0.2) is 22.3 Å². The number of aromatic nitrogens is 3. The number of nitrogens with zero attached hydrogens (tertiary/aromatic N) is 3. The van der Waals surface area contributed by atoms with E-state index in [0.29, 0.717) is 17.8 Å². The Balaban J connectivity index is 2.43. The molecule has 2 N–H and O–H groups in total. The van der Waals surface area contributed by atoms with Crippen molar-refractivity contribution in [3.05, 3.63) is 39.1 Å². The average Bonchev–Trinajstić information content (AvgIpc) is 2.84. The fraction of sp³-hybridized carbons (Fsp3) is 0.267. The fourth-order valence-electron chi connectivity index (χ4n) is 2.45. The lowest BCUT2D eigenvalue weighted by atomic mass is 10.1. The van der Waals surface area contributed by atoms with E-state index in [2.05, 4.69) is 9.97 Å². The molecule has 0 atom stereocenters. The highest BCUT2D eigenvalue weighted by molar-refractivity contribution is 7.13. The predicted octanol–water partition coefficient (Wildman–Crippen LogP) is 2.74. The molecule has 3 aromatic rings. The van der Waals surface area contributed by atoms with E-state index in [1.807, 2.05) is 38.3 Å². The van der Waals surface area contributed by atoms with Gasteiger partial charge < -0.3 is 5.73 Å². The summed E-state index contributed by atoms with van der Waals surface area (Å²) in [4.78, 5) is 22.1. The van der Waals surface area contributed by atoms with E-state index >= 15 is 0 Å². The molecule has 0 aliphatic rings. The third kappa shape index (κ3) is 2.21. The Bertz CT molecular complexity index is 895. The van der Waals surface area contributed by atoms with Crippen LogP contribution in [0.5, 0.6) is 0 Å². The molecule has 0 saturated heterocycles. The molecule has 3 rings (SSSR count). The van der Waals surface area contributed by atoms with Crippen LogP contribution >= 0.6 is 11.3 Å². The number of rotatable bonds is 2. The molecular formula is C15H16N4OS. The Hall–Kier alpha value is -2.21. The highest BCUT2D eigenvalue weighted by Gasteiger charge is 2.14. The fourth-order valence-corrected chi connectivity index (χ4v) is 3.36. The van der Waals surface area contributed by atoms with Gasteiger partial charge in [0.05, 0.1) is 11.3 Å². The van der Waals surface area contributed by atoms with Gasteiger partial charge in [-0.3, -0.25) is 9.36 Å². The highest BCUT2D eigenvalue weighted by atomic mass is 32.1. The van der Waals surface area contributed by atoms with E-state index < -0.39 is 0 Å². The predicted molar refractivity (Wildman–Crippen MR) is 86.7 cm³/mol. The van der Waals surface area contributed by atoms with E-state index in [-0.39, 0.29) is 11.5 Å². The van der Waals surface area contributed by atoms with Crippen molar-refractivity contribution in [3.63, 3.8) is 0 Å². The van der Waals surface area contributed by atoms with Crippen LogP contribution in [-0.4, -0.2) is 14.5 Å². The van der Waals surface area contributed by atoms with Crippen LogP contribution in [-0.2, 0) is 6.54 Å². The normalized spacial score (nSPS) is 11.2. The maximum absolute atomic E-state index is 12.7. The minimum absolute atomic E-state index is 0.0376. The molecule has 0 aliphatic heterocycles. The van der Waals surface area contributed by atoms with Crippen LogP contribution in [0.2, 0.25) is 0 Å². The van der Waals surface area contributed by atoms with Crippen LogP contribution in [0.1, 0.15) is 18.2 Å². The summed E-state index contributed by atoms with van der Waals surface area (Å²) >= 11 is 1.57. The van der Waals surface area contributed by atoms with Crippen molar-refractivity contribution in [2.45, 2.75) is 27.3 Å². The van der Waals surface area contributed by atoms with Crippen LogP contribution in [0.25, 0.3) is 21.5 Å². The Kier molecular flexibility index (Phi) is 3.25. The number of nitrogens with two attached hydrogens (primary N) is 1. The summed E-state index contributed by atoms with van der Waals surface area (Å²) in [5, 5.41) is 2.91. The summed E-state index contributed by atoms with van der Waals surface area (Å²) in [6.07, 6.45) is 0. The Morgan fingerprint density at radius 3 is 2.67 bits per heavy atom. The summed E-state index contributed by atoms with van der Waals surface area (Å²) in [6, 6.07) is 3.91. The molecule has 3 aromatic heterocycles. The second-order valence-corrected chi connectivity index (χ2v) is 5.91. The number of anilines is 1. The van der Waals surface area contributed by atoms with E-state index in [9.17, 15) is 4.79 Å². The second-order valence-electron chi connectivity index (χ2n) is 5.00. The first kappa shape index (κ1) is 13.8. The van der Waals surface area contributed by atoms with Crippen molar-refractivity contribution < 1.29 is 0 Å². The molecule has 0 fully saturated rings. The lowest BCUT2D eigenvalue weighted by molar-refractivity contribution is 0.750. The smallest absolute Gasteiger partial charge is 0.260 e. The van der Waals surface area contributed by atoms with Crippen LogP contribution in [0.3, 0.4) is 0 Å². The van der Waals surface area contributed by atoms with Crippen molar-refractivity contribution in [2.75, 3.05) is 5.73 Å². The summed E-state index contributed by atoms with van der Waals surface area (Å²) < 4.78 is 1.66. The third-order valence-corrected chi connectivity index (χ3v) is 4.55. The average molecular weight is 300 g/mol. The van der Waals surface area contributed by atoms with Gasteiger partial charge in [0, 0.05) is 16.8 Å². The van der Waals surface area contributed by atoms with Gasteiger partial charge in [0.15, 0.2) is 0 Å². The molecule has 0 bridgehead atoms. The molecule has 0 radical (unpaired) electrons. The zero-order valence-corrected chi connectivity index (χ0v) is 13.0. The van der Waals surface area contributed by atoms with Crippen molar-refractivity contribution in [2.24, 2.45) is 0 Å². The van der Waals surface area contributed by atoms with E-state index in [1.54, 1.807) is 15.9 Å². The highest BCUT2D eigenvalue weighted by Crippen LogP contribution is 2.27. The first-order valence-electron chi connectivity index (χ1n) is 6.74. The van der Waals surface area contributed by atoms with Gasteiger partial charge in [-0.15, -0.1) is 11.3 Å². The molecule has 6 heteroatoms. The number of hydrogen-bond donors (Lipinski definition) is 1. The largest absolute Gasteiger partial charge is 0.368 e. The Morgan fingerprint density at radius 2 is 2.05 bits per heavy atom. The Labute approximate surface area is 126 Å². The summed E-state index contributed by atoms with van der Waals surface area (Å²) in [6.45, 7) is 6.38. The summed E-state index contributed by atoms with van der Waals surface area (Å²) in [7, 11) is 0. The summed E-state index contributed by atoms with van der Waals surface area (Å²) in [5.41, 5.74) is 8.91. The zero-order valence-electron chi connectivity index (χ0n) is 12.2. The maximum atomic E-state index is 12.7. The van der Waals surface area contributed by atoms with Gasteiger partial charge in [-0.2, -0.15) is 4.98 Å². The number of aryl methyl sites for hydroxylation is 3. The molecular weight excluding hydrogens is 284 g/mol. The second kappa shape index (κ2) is 4.96. The van der Waals surface area contributed by atoms with Crippen molar-refractivity contribution >= 4 is 28.3 Å². The van der Waals surface area contributed by atoms with Gasteiger partial charge in [-0.25, -0.2) is 4.98 Å². The topological polar surface area (TPSA) is 73.8 Å². The molecule has 5 nitrogen and oxygen atoms in total. The molecule has 0 amide bonds. The summed E-state index contributed by atoms with van der Waals surface area (Å²) in [5.74, 6) is 0.196. The quantitative estimate of drug-likeness (QED) is 0.789. The van der Waals surface area contributed by atoms with E-state index in [1.165, 1.54) is 0 Å². The van der Waals surface area contributed by atoms with Crippen molar-refractivity contribution in [1.29, 1.82) is 0 Å². The molecule has 108 valence electrons. The van der Waals surface area contributed by atoms with Gasteiger partial charge in [-0.05, 0) is 43.8 Å². The first-order valence-corrected chi connectivity index (χ1v) is 7.62. The van der Waals surface area contributed by atoms with Gasteiger partial charge in [0.1, 0.15) is 5.65 Å². The number of thiophene rings is 1. The lowest BCUT2D eigenvalue weighted by Gasteiger charge is -2.11. The first-order chi connectivity index (χ1) is 10.0.